The molecule has 3 rings (SSSR count). The minimum Gasteiger partial charge on any atom is -0.444 e. The molecule has 0 bridgehead atoms. The highest BCUT2D eigenvalue weighted by Crippen LogP contribution is 2.42. The Hall–Kier alpha value is -2.18. The first-order valence-corrected chi connectivity index (χ1v) is 10.3. The molecule has 27 heavy (non-hydrogen) atoms. The first kappa shape index (κ1) is 19.6. The zero-order chi connectivity index (χ0) is 19.4. The fourth-order valence-electron chi connectivity index (χ4n) is 2.47. The molecular weight excluding hydrogens is 422 g/mol. The summed E-state index contributed by atoms with van der Waals surface area (Å²) in [6, 6.07) is 14.2. The van der Waals surface area contributed by atoms with Crippen LogP contribution in [0.5, 0.6) is 10.8 Å². The van der Waals surface area contributed by atoms with Gasteiger partial charge in [0.15, 0.2) is 0 Å². The Morgan fingerprint density at radius 3 is 2.63 bits per heavy atom. The summed E-state index contributed by atoms with van der Waals surface area (Å²) in [4.78, 5) is 6.61. The summed E-state index contributed by atoms with van der Waals surface area (Å²) in [5.41, 5.74) is 5.02. The van der Waals surface area contributed by atoms with Gasteiger partial charge in [0, 0.05) is 30.7 Å². The van der Waals surface area contributed by atoms with Gasteiger partial charge in [-0.3, -0.25) is 0 Å². The van der Waals surface area contributed by atoms with Gasteiger partial charge in [0.05, 0.1) is 16.5 Å². The number of nitrogens with zero attached hydrogens (tertiary/aromatic N) is 3. The highest BCUT2D eigenvalue weighted by molar-refractivity contribution is 9.10. The molecule has 0 aliphatic rings. The van der Waals surface area contributed by atoms with Crippen molar-refractivity contribution in [1.29, 1.82) is 0 Å². The first-order chi connectivity index (χ1) is 13.0. The van der Waals surface area contributed by atoms with E-state index in [2.05, 4.69) is 38.3 Å². The Morgan fingerprint density at radius 2 is 1.93 bits per heavy atom. The minimum atomic E-state index is 0.748. The van der Waals surface area contributed by atoms with Crippen LogP contribution in [0.15, 0.2) is 51.9 Å². The summed E-state index contributed by atoms with van der Waals surface area (Å²) < 4.78 is 11.6. The number of halogens is 1. The second kappa shape index (κ2) is 8.67. The van der Waals surface area contributed by atoms with Crippen molar-refractivity contribution < 1.29 is 4.74 Å². The largest absolute Gasteiger partial charge is 0.444 e. The van der Waals surface area contributed by atoms with Crippen LogP contribution in [0.1, 0.15) is 18.1 Å². The van der Waals surface area contributed by atoms with E-state index in [0.29, 0.717) is 0 Å². The lowest BCUT2D eigenvalue weighted by atomic mass is 10.1. The van der Waals surface area contributed by atoms with Gasteiger partial charge in [-0.1, -0.05) is 30.3 Å². The number of aryl methyl sites for hydroxylation is 2. The van der Waals surface area contributed by atoms with Crippen LogP contribution in [-0.4, -0.2) is 29.2 Å². The lowest BCUT2D eigenvalue weighted by Crippen LogP contribution is -2.14. The van der Waals surface area contributed by atoms with Crippen molar-refractivity contribution in [3.63, 3.8) is 0 Å². The second-order valence-electron chi connectivity index (χ2n) is 6.32. The molecule has 0 spiro atoms. The predicted molar refractivity (Wildman–Crippen MR) is 118 cm³/mol. The Morgan fingerprint density at radius 1 is 1.19 bits per heavy atom. The molecule has 0 saturated heterocycles. The average Bonchev–Trinajstić information content (AvgIpc) is 3.04. The van der Waals surface area contributed by atoms with Crippen molar-refractivity contribution in [3.05, 3.63) is 58.1 Å². The zero-order valence-electron chi connectivity index (χ0n) is 15.9. The van der Waals surface area contributed by atoms with E-state index in [-0.39, 0.29) is 0 Å². The molecule has 2 aromatic carbocycles. The Labute approximate surface area is 172 Å². The molecule has 0 radical (unpaired) electrons. The molecule has 1 heterocycles. The van der Waals surface area contributed by atoms with E-state index in [4.69, 9.17) is 4.74 Å². The van der Waals surface area contributed by atoms with Crippen LogP contribution in [0.2, 0.25) is 0 Å². The molecule has 0 amide bonds. The minimum absolute atomic E-state index is 0.748. The maximum Gasteiger partial charge on any atom is 0.214 e. The van der Waals surface area contributed by atoms with Gasteiger partial charge in [0.2, 0.25) is 5.06 Å². The van der Waals surface area contributed by atoms with Crippen molar-refractivity contribution in [3.8, 4) is 22.1 Å². The van der Waals surface area contributed by atoms with Crippen LogP contribution in [0.4, 0.5) is 5.69 Å². The molecule has 0 atom stereocenters. The molecule has 0 aliphatic carbocycles. The van der Waals surface area contributed by atoms with E-state index >= 15 is 0 Å². The molecule has 0 N–H and O–H groups in total. The van der Waals surface area contributed by atoms with Crippen molar-refractivity contribution >= 4 is 39.5 Å². The molecule has 4 nitrogen and oxygen atoms in total. The highest BCUT2D eigenvalue weighted by atomic mass is 79.9. The van der Waals surface area contributed by atoms with E-state index in [1.807, 2.05) is 68.5 Å². The maximum atomic E-state index is 6.17. The van der Waals surface area contributed by atoms with E-state index in [1.54, 1.807) is 0 Å². The van der Waals surface area contributed by atoms with Gasteiger partial charge in [-0.05, 0) is 60.0 Å². The molecule has 0 saturated carbocycles. The number of benzene rings is 2. The van der Waals surface area contributed by atoms with Crippen molar-refractivity contribution in [2.75, 3.05) is 13.6 Å². The number of ether oxygens (including phenoxy) is 1. The third kappa shape index (κ3) is 4.57. The molecule has 140 valence electrons. The summed E-state index contributed by atoms with van der Waals surface area (Å²) in [5.74, 6) is 0.819. The molecule has 0 fully saturated rings. The smallest absolute Gasteiger partial charge is 0.214 e. The van der Waals surface area contributed by atoms with Gasteiger partial charge in [-0.25, -0.2) is 4.99 Å². The molecule has 0 aliphatic heterocycles. The number of hydrogen-bond acceptors (Lipinski definition) is 4. The third-order valence-corrected chi connectivity index (χ3v) is 5.97. The Kier molecular flexibility index (Phi) is 6.29. The standard InChI is InChI=1S/C21H22BrN3OS/c1-5-25(4)13-23-17-11-15(3)18(12-14(17)2)26-21-19(22)20(24-27-21)16-9-7-6-8-10-16/h6-13H,5H2,1-4H3/b23-13-. The first-order valence-electron chi connectivity index (χ1n) is 8.73. The molecule has 0 unspecified atom stereocenters. The van der Waals surface area contributed by atoms with Gasteiger partial charge in [-0.2, -0.15) is 4.37 Å². The van der Waals surface area contributed by atoms with Crippen LogP contribution in [-0.2, 0) is 0 Å². The number of hydrogen-bond donors (Lipinski definition) is 0. The topological polar surface area (TPSA) is 37.7 Å². The van der Waals surface area contributed by atoms with Gasteiger partial charge in [-0.15, -0.1) is 0 Å². The van der Waals surface area contributed by atoms with E-state index < -0.39 is 0 Å². The van der Waals surface area contributed by atoms with Crippen LogP contribution in [0.3, 0.4) is 0 Å². The van der Waals surface area contributed by atoms with Crippen LogP contribution in [0, 0.1) is 13.8 Å². The Bertz CT molecular complexity index is 954. The van der Waals surface area contributed by atoms with Gasteiger partial charge in [0.25, 0.3) is 0 Å². The number of rotatable bonds is 6. The van der Waals surface area contributed by atoms with E-state index in [1.165, 1.54) is 11.5 Å². The van der Waals surface area contributed by atoms with Gasteiger partial charge >= 0.3 is 0 Å². The van der Waals surface area contributed by atoms with Crippen LogP contribution < -0.4 is 4.74 Å². The fourth-order valence-corrected chi connectivity index (χ4v) is 3.88. The lowest BCUT2D eigenvalue weighted by molar-refractivity contribution is 0.489. The summed E-state index contributed by atoms with van der Waals surface area (Å²) >= 11 is 4.99. The maximum absolute atomic E-state index is 6.17. The predicted octanol–water partition coefficient (Wildman–Crippen LogP) is 6.59. The van der Waals surface area contributed by atoms with Gasteiger partial charge in [0.1, 0.15) is 11.4 Å². The molecular formula is C21H22BrN3OS. The van der Waals surface area contributed by atoms with E-state index in [9.17, 15) is 0 Å². The quantitative estimate of drug-likeness (QED) is 0.318. The van der Waals surface area contributed by atoms with Crippen LogP contribution in [0.25, 0.3) is 11.3 Å². The third-order valence-electron chi connectivity index (χ3n) is 4.24. The summed E-state index contributed by atoms with van der Waals surface area (Å²) in [7, 11) is 2.01. The molecule has 6 heteroatoms. The summed E-state index contributed by atoms with van der Waals surface area (Å²) in [6.07, 6.45) is 1.86. The van der Waals surface area contributed by atoms with Gasteiger partial charge < -0.3 is 9.64 Å². The van der Waals surface area contributed by atoms with Crippen molar-refractivity contribution in [2.45, 2.75) is 20.8 Å². The summed E-state index contributed by atoms with van der Waals surface area (Å²) in [6.45, 7) is 7.09. The molecule has 3 aromatic rings. The summed E-state index contributed by atoms with van der Waals surface area (Å²) in [5, 5.41) is 0.748. The van der Waals surface area contributed by atoms with E-state index in [0.717, 1.165) is 49.9 Å². The average molecular weight is 444 g/mol. The molecule has 1 aromatic heterocycles. The second-order valence-corrected chi connectivity index (χ2v) is 7.85. The highest BCUT2D eigenvalue weighted by Gasteiger charge is 2.16. The zero-order valence-corrected chi connectivity index (χ0v) is 18.3. The monoisotopic (exact) mass is 443 g/mol. The number of aliphatic imine (C=N–C) groups is 1. The SMILES string of the molecule is CCN(C)/C=N\c1cc(C)c(Oc2snc(-c3ccccc3)c2Br)cc1C. The Balaban J connectivity index is 1.85. The van der Waals surface area contributed by atoms with Crippen LogP contribution >= 0.6 is 27.5 Å². The fraction of sp³-hybridized carbons (Fsp3) is 0.238. The number of aromatic nitrogens is 1. The van der Waals surface area contributed by atoms with Crippen molar-refractivity contribution in [2.24, 2.45) is 4.99 Å². The normalized spacial score (nSPS) is 11.1. The van der Waals surface area contributed by atoms with Crippen molar-refractivity contribution in [1.82, 2.24) is 9.27 Å². The lowest BCUT2D eigenvalue weighted by Gasteiger charge is -2.12.